The molecule has 3 aromatic rings. The average molecular weight is 460 g/mol. The van der Waals surface area contributed by atoms with Gasteiger partial charge in [0.15, 0.2) is 0 Å². The molecule has 0 aliphatic heterocycles. The highest BCUT2D eigenvalue weighted by Crippen LogP contribution is 2.21. The second kappa shape index (κ2) is 8.78. The van der Waals surface area contributed by atoms with Crippen LogP contribution in [0.2, 0.25) is 0 Å². The molecule has 8 nitrogen and oxygen atoms in total. The lowest BCUT2D eigenvalue weighted by Gasteiger charge is -2.11. The van der Waals surface area contributed by atoms with Crippen LogP contribution in [0, 0.1) is 6.92 Å². The number of benzene rings is 3. The Balaban J connectivity index is 1.74. The number of aryl methyl sites for hydroxylation is 1. The molecular weight excluding hydrogens is 438 g/mol. The fourth-order valence-corrected chi connectivity index (χ4v) is 4.39. The van der Waals surface area contributed by atoms with Crippen molar-refractivity contribution < 1.29 is 21.6 Å². The highest BCUT2D eigenvalue weighted by Gasteiger charge is 2.15. The molecule has 3 rings (SSSR count). The first-order chi connectivity index (χ1) is 14.5. The lowest BCUT2D eigenvalue weighted by Crippen LogP contribution is -2.15. The first kappa shape index (κ1) is 22.3. The van der Waals surface area contributed by atoms with Crippen LogP contribution in [-0.2, 0) is 20.0 Å². The molecule has 3 aromatic carbocycles. The van der Waals surface area contributed by atoms with Crippen LogP contribution in [0.4, 0.5) is 17.1 Å². The normalized spacial score (nSPS) is 11.5. The van der Waals surface area contributed by atoms with E-state index in [0.29, 0.717) is 22.6 Å². The van der Waals surface area contributed by atoms with Gasteiger partial charge in [-0.2, -0.15) is 0 Å². The van der Waals surface area contributed by atoms with Crippen molar-refractivity contribution in [2.45, 2.75) is 11.8 Å². The van der Waals surface area contributed by atoms with Crippen molar-refractivity contribution in [3.8, 4) is 0 Å². The summed E-state index contributed by atoms with van der Waals surface area (Å²) in [5.41, 5.74) is 2.06. The highest BCUT2D eigenvalue weighted by atomic mass is 32.2. The van der Waals surface area contributed by atoms with Crippen LogP contribution in [0.1, 0.15) is 15.9 Å². The number of hydrogen-bond acceptors (Lipinski definition) is 5. The summed E-state index contributed by atoms with van der Waals surface area (Å²) < 4.78 is 52.8. The van der Waals surface area contributed by atoms with Gasteiger partial charge in [-0.25, -0.2) is 16.8 Å². The zero-order valence-electron chi connectivity index (χ0n) is 16.8. The lowest BCUT2D eigenvalue weighted by molar-refractivity contribution is 0.102. The zero-order chi connectivity index (χ0) is 22.6. The molecule has 0 bridgehead atoms. The molecule has 31 heavy (non-hydrogen) atoms. The van der Waals surface area contributed by atoms with Gasteiger partial charge in [-0.05, 0) is 61.0 Å². The first-order valence-electron chi connectivity index (χ1n) is 9.11. The van der Waals surface area contributed by atoms with E-state index >= 15 is 0 Å². The van der Waals surface area contributed by atoms with E-state index < -0.39 is 26.0 Å². The third kappa shape index (κ3) is 6.06. The quantitative estimate of drug-likeness (QED) is 0.500. The molecule has 0 saturated heterocycles. The number of rotatable bonds is 7. The van der Waals surface area contributed by atoms with Crippen LogP contribution in [0.15, 0.2) is 77.7 Å². The summed E-state index contributed by atoms with van der Waals surface area (Å²) in [6, 6.07) is 18.9. The molecule has 0 radical (unpaired) electrons. The van der Waals surface area contributed by atoms with E-state index in [4.69, 9.17) is 0 Å². The van der Waals surface area contributed by atoms with Crippen LogP contribution in [0.25, 0.3) is 0 Å². The molecule has 1 amide bonds. The Hall–Kier alpha value is -3.37. The lowest BCUT2D eigenvalue weighted by atomic mass is 10.1. The first-order valence-corrected chi connectivity index (χ1v) is 12.5. The predicted octanol–water partition coefficient (Wildman–Crippen LogP) is 3.42. The fourth-order valence-electron chi connectivity index (χ4n) is 2.71. The van der Waals surface area contributed by atoms with E-state index in [-0.39, 0.29) is 10.5 Å². The van der Waals surface area contributed by atoms with Gasteiger partial charge in [-0.15, -0.1) is 0 Å². The van der Waals surface area contributed by atoms with Crippen LogP contribution < -0.4 is 14.8 Å². The molecule has 0 unspecified atom stereocenters. The molecule has 10 heteroatoms. The van der Waals surface area contributed by atoms with Crippen LogP contribution in [-0.4, -0.2) is 29.0 Å². The van der Waals surface area contributed by atoms with E-state index in [0.717, 1.165) is 6.26 Å². The third-order valence-electron chi connectivity index (χ3n) is 4.24. The summed E-state index contributed by atoms with van der Waals surface area (Å²) in [5.74, 6) is -0.463. The number of anilines is 3. The Morgan fingerprint density at radius 1 is 0.774 bits per heavy atom. The van der Waals surface area contributed by atoms with E-state index in [1.54, 1.807) is 49.4 Å². The van der Waals surface area contributed by atoms with Crippen LogP contribution >= 0.6 is 0 Å². The fraction of sp³-hybridized carbons (Fsp3) is 0.0952. The molecular formula is C21H21N3O5S2. The van der Waals surface area contributed by atoms with Gasteiger partial charge >= 0.3 is 0 Å². The topological polar surface area (TPSA) is 121 Å². The van der Waals surface area contributed by atoms with Gasteiger partial charge in [-0.1, -0.05) is 24.3 Å². The van der Waals surface area contributed by atoms with Crippen molar-refractivity contribution in [1.82, 2.24) is 0 Å². The molecule has 0 aliphatic carbocycles. The zero-order valence-corrected chi connectivity index (χ0v) is 18.4. The Labute approximate surface area is 181 Å². The SMILES string of the molecule is Cc1ccc(C(=O)Nc2ccc(S(=O)(=O)Nc3ccccc3)cc2)cc1NS(C)(=O)=O. The molecule has 0 atom stereocenters. The Morgan fingerprint density at radius 3 is 2.03 bits per heavy atom. The molecule has 162 valence electrons. The van der Waals surface area contributed by atoms with Gasteiger partial charge in [-0.3, -0.25) is 14.2 Å². The highest BCUT2D eigenvalue weighted by molar-refractivity contribution is 7.92. The molecule has 0 saturated carbocycles. The summed E-state index contributed by atoms with van der Waals surface area (Å²) in [5, 5.41) is 2.66. The van der Waals surface area contributed by atoms with E-state index in [2.05, 4.69) is 14.8 Å². The van der Waals surface area contributed by atoms with Crippen molar-refractivity contribution in [3.63, 3.8) is 0 Å². The number of amides is 1. The second-order valence-electron chi connectivity index (χ2n) is 6.85. The van der Waals surface area contributed by atoms with Crippen molar-refractivity contribution >= 4 is 43.0 Å². The molecule has 0 aliphatic rings. The summed E-state index contributed by atoms with van der Waals surface area (Å²) in [6.07, 6.45) is 1.03. The third-order valence-corrected chi connectivity index (χ3v) is 6.23. The van der Waals surface area contributed by atoms with E-state index in [1.807, 2.05) is 0 Å². The Kier molecular flexibility index (Phi) is 6.32. The standard InChI is InChI=1S/C21H21N3O5S2/c1-15-8-9-16(14-20(15)24-30(2,26)27)21(25)22-17-10-12-19(13-11-17)31(28,29)23-18-6-4-3-5-7-18/h3-14,23-24H,1-2H3,(H,22,25). The van der Waals surface area contributed by atoms with Gasteiger partial charge in [0.2, 0.25) is 10.0 Å². The van der Waals surface area contributed by atoms with Crippen molar-refractivity contribution in [2.24, 2.45) is 0 Å². The number of hydrogen-bond donors (Lipinski definition) is 3. The minimum absolute atomic E-state index is 0.0457. The maximum absolute atomic E-state index is 12.5. The van der Waals surface area contributed by atoms with Gasteiger partial charge in [0.1, 0.15) is 0 Å². The summed E-state index contributed by atoms with van der Waals surface area (Å²) in [7, 11) is -7.25. The van der Waals surface area contributed by atoms with Gasteiger partial charge in [0, 0.05) is 16.9 Å². The predicted molar refractivity (Wildman–Crippen MR) is 121 cm³/mol. The van der Waals surface area contributed by atoms with E-state index in [1.165, 1.54) is 30.3 Å². The second-order valence-corrected chi connectivity index (χ2v) is 10.3. The molecule has 0 spiro atoms. The molecule has 0 aromatic heterocycles. The smallest absolute Gasteiger partial charge is 0.261 e. The minimum Gasteiger partial charge on any atom is -0.322 e. The monoisotopic (exact) mass is 459 g/mol. The van der Waals surface area contributed by atoms with Crippen LogP contribution in [0.5, 0.6) is 0 Å². The number of carbonyl (C=O) groups excluding carboxylic acids is 1. The summed E-state index contributed by atoms with van der Waals surface area (Å²) in [4.78, 5) is 12.6. The van der Waals surface area contributed by atoms with E-state index in [9.17, 15) is 21.6 Å². The molecule has 3 N–H and O–H groups in total. The molecule has 0 fully saturated rings. The maximum atomic E-state index is 12.5. The maximum Gasteiger partial charge on any atom is 0.261 e. The van der Waals surface area contributed by atoms with Crippen molar-refractivity contribution in [1.29, 1.82) is 0 Å². The largest absolute Gasteiger partial charge is 0.322 e. The number of para-hydroxylation sites is 1. The van der Waals surface area contributed by atoms with Gasteiger partial charge < -0.3 is 5.32 Å². The number of nitrogens with one attached hydrogen (secondary N) is 3. The average Bonchev–Trinajstić information content (AvgIpc) is 2.69. The van der Waals surface area contributed by atoms with Crippen molar-refractivity contribution in [2.75, 3.05) is 21.0 Å². The minimum atomic E-state index is -3.77. The van der Waals surface area contributed by atoms with Gasteiger partial charge in [0.25, 0.3) is 15.9 Å². The Morgan fingerprint density at radius 2 is 1.42 bits per heavy atom. The molecule has 0 heterocycles. The Bertz CT molecular complexity index is 1300. The number of sulfonamides is 2. The number of carbonyl (C=O) groups is 1. The summed E-state index contributed by atoms with van der Waals surface area (Å²) in [6.45, 7) is 1.72. The summed E-state index contributed by atoms with van der Waals surface area (Å²) >= 11 is 0. The van der Waals surface area contributed by atoms with Crippen LogP contribution in [0.3, 0.4) is 0 Å². The van der Waals surface area contributed by atoms with Crippen molar-refractivity contribution in [3.05, 3.63) is 83.9 Å². The van der Waals surface area contributed by atoms with Gasteiger partial charge in [0.05, 0.1) is 16.8 Å².